The second-order valence-electron chi connectivity index (χ2n) is 5.18. The number of rotatable bonds is 7. The minimum Gasteiger partial charge on any atom is -0.381 e. The van der Waals surface area contributed by atoms with Crippen molar-refractivity contribution in [1.29, 1.82) is 0 Å². The van der Waals surface area contributed by atoms with Crippen LogP contribution >= 0.6 is 0 Å². The summed E-state index contributed by atoms with van der Waals surface area (Å²) < 4.78 is 11.1. The van der Waals surface area contributed by atoms with Crippen LogP contribution in [0.1, 0.15) is 26.7 Å². The average Bonchev–Trinajstić information content (AvgIpc) is 2.31. The molecule has 2 atom stereocenters. The van der Waals surface area contributed by atoms with Gasteiger partial charge in [0.15, 0.2) is 0 Å². The first-order chi connectivity index (χ1) is 8.15. The highest BCUT2D eigenvalue weighted by atomic mass is 16.5. The summed E-state index contributed by atoms with van der Waals surface area (Å²) in [6.07, 6.45) is 2.70. The van der Waals surface area contributed by atoms with Crippen LogP contribution in [-0.2, 0) is 9.47 Å². The molecule has 1 aliphatic rings. The van der Waals surface area contributed by atoms with Crippen molar-refractivity contribution in [3.05, 3.63) is 0 Å². The minimum absolute atomic E-state index is 0.303. The molecular weight excluding hydrogens is 216 g/mol. The maximum atomic E-state index is 5.90. The molecule has 0 aromatic rings. The maximum Gasteiger partial charge on any atom is 0.0596 e. The van der Waals surface area contributed by atoms with Crippen LogP contribution < -0.4 is 5.73 Å². The molecule has 0 saturated carbocycles. The molecule has 1 fully saturated rings. The third-order valence-corrected chi connectivity index (χ3v) is 3.44. The van der Waals surface area contributed by atoms with Crippen molar-refractivity contribution in [3.8, 4) is 0 Å². The lowest BCUT2D eigenvalue weighted by Gasteiger charge is -2.35. The van der Waals surface area contributed by atoms with E-state index in [4.69, 9.17) is 15.2 Å². The van der Waals surface area contributed by atoms with Crippen molar-refractivity contribution in [2.24, 2.45) is 11.7 Å². The highest BCUT2D eigenvalue weighted by molar-refractivity contribution is 4.80. The second-order valence-corrected chi connectivity index (χ2v) is 5.18. The lowest BCUT2D eigenvalue weighted by Crippen LogP contribution is -2.47. The van der Waals surface area contributed by atoms with Gasteiger partial charge in [-0.3, -0.25) is 4.90 Å². The van der Waals surface area contributed by atoms with E-state index in [1.165, 1.54) is 6.42 Å². The summed E-state index contributed by atoms with van der Waals surface area (Å²) in [5.74, 6) is 0.581. The first kappa shape index (κ1) is 14.9. The van der Waals surface area contributed by atoms with Crippen molar-refractivity contribution in [2.75, 3.05) is 40.0 Å². The normalized spacial score (nSPS) is 23.3. The van der Waals surface area contributed by atoms with E-state index in [0.717, 1.165) is 32.8 Å². The van der Waals surface area contributed by atoms with E-state index in [2.05, 4.69) is 25.8 Å². The molecular formula is C13H28N2O2. The van der Waals surface area contributed by atoms with Gasteiger partial charge in [0.1, 0.15) is 0 Å². The van der Waals surface area contributed by atoms with E-state index >= 15 is 0 Å². The predicted octanol–water partition coefficient (Wildman–Crippen LogP) is 1.10. The van der Waals surface area contributed by atoms with Crippen LogP contribution in [0.4, 0.5) is 0 Å². The van der Waals surface area contributed by atoms with Gasteiger partial charge < -0.3 is 15.2 Å². The van der Waals surface area contributed by atoms with Crippen molar-refractivity contribution in [2.45, 2.75) is 38.8 Å². The van der Waals surface area contributed by atoms with Crippen molar-refractivity contribution in [1.82, 2.24) is 4.90 Å². The molecule has 4 nitrogen and oxygen atoms in total. The van der Waals surface area contributed by atoms with Gasteiger partial charge in [-0.1, -0.05) is 0 Å². The van der Waals surface area contributed by atoms with E-state index in [1.807, 2.05) is 0 Å². The smallest absolute Gasteiger partial charge is 0.0596 e. The van der Waals surface area contributed by atoms with Crippen molar-refractivity contribution < 1.29 is 9.47 Å². The molecule has 102 valence electrons. The Bertz CT molecular complexity index is 194. The Hall–Kier alpha value is -0.160. The van der Waals surface area contributed by atoms with E-state index in [0.29, 0.717) is 24.6 Å². The fourth-order valence-corrected chi connectivity index (χ4v) is 2.40. The number of ether oxygens (including phenoxy) is 2. The van der Waals surface area contributed by atoms with E-state index in [1.54, 1.807) is 0 Å². The van der Waals surface area contributed by atoms with E-state index < -0.39 is 0 Å². The lowest BCUT2D eigenvalue weighted by molar-refractivity contribution is 0.00439. The molecule has 0 spiro atoms. The first-order valence-electron chi connectivity index (χ1n) is 6.74. The third-order valence-electron chi connectivity index (χ3n) is 3.44. The van der Waals surface area contributed by atoms with Crippen LogP contribution in [0.25, 0.3) is 0 Å². The molecule has 17 heavy (non-hydrogen) atoms. The Kier molecular flexibility index (Phi) is 7.04. The number of nitrogens with two attached hydrogens (primary N) is 1. The number of likely N-dealkylation sites (N-methyl/N-ethyl adjacent to an activating group) is 1. The summed E-state index contributed by atoms with van der Waals surface area (Å²) in [6, 6.07) is 0.422. The van der Waals surface area contributed by atoms with Gasteiger partial charge in [-0.25, -0.2) is 0 Å². The molecule has 0 amide bonds. The van der Waals surface area contributed by atoms with Gasteiger partial charge in [0.05, 0.1) is 19.3 Å². The standard InChI is InChI=1S/C13H28N2O2/c1-11(2)17-8-6-15(3)13(9-14)12-5-4-7-16-10-12/h11-13H,4-10,14H2,1-3H3. The molecule has 1 saturated heterocycles. The SMILES string of the molecule is CC(C)OCCN(C)C(CN)C1CCCOC1. The summed E-state index contributed by atoms with van der Waals surface area (Å²) in [7, 11) is 2.13. The monoisotopic (exact) mass is 244 g/mol. The zero-order valence-electron chi connectivity index (χ0n) is 11.5. The van der Waals surface area contributed by atoms with Gasteiger partial charge in [0.2, 0.25) is 0 Å². The number of hydrogen-bond donors (Lipinski definition) is 1. The molecule has 2 N–H and O–H groups in total. The van der Waals surface area contributed by atoms with Gasteiger partial charge in [0.25, 0.3) is 0 Å². The molecule has 1 aliphatic heterocycles. The predicted molar refractivity (Wildman–Crippen MR) is 70.1 cm³/mol. The Morgan fingerprint density at radius 3 is 2.76 bits per heavy atom. The van der Waals surface area contributed by atoms with Gasteiger partial charge in [0, 0.05) is 25.7 Å². The van der Waals surface area contributed by atoms with E-state index in [9.17, 15) is 0 Å². The average molecular weight is 244 g/mol. The Balaban J connectivity index is 2.31. The molecule has 0 aliphatic carbocycles. The minimum atomic E-state index is 0.303. The summed E-state index contributed by atoms with van der Waals surface area (Å²) >= 11 is 0. The van der Waals surface area contributed by atoms with Crippen LogP contribution in [0.2, 0.25) is 0 Å². The van der Waals surface area contributed by atoms with Gasteiger partial charge in [-0.15, -0.1) is 0 Å². The number of hydrogen-bond acceptors (Lipinski definition) is 4. The maximum absolute atomic E-state index is 5.90. The van der Waals surface area contributed by atoms with Gasteiger partial charge in [-0.2, -0.15) is 0 Å². The second kappa shape index (κ2) is 8.03. The molecule has 2 unspecified atom stereocenters. The Labute approximate surface area is 105 Å². The first-order valence-corrected chi connectivity index (χ1v) is 6.74. The highest BCUT2D eigenvalue weighted by Gasteiger charge is 2.26. The van der Waals surface area contributed by atoms with Crippen molar-refractivity contribution in [3.63, 3.8) is 0 Å². The highest BCUT2D eigenvalue weighted by Crippen LogP contribution is 2.20. The van der Waals surface area contributed by atoms with Gasteiger partial charge >= 0.3 is 0 Å². The third kappa shape index (κ3) is 5.34. The molecule has 0 bridgehead atoms. The van der Waals surface area contributed by atoms with Crippen LogP contribution in [0.3, 0.4) is 0 Å². The topological polar surface area (TPSA) is 47.7 Å². The van der Waals surface area contributed by atoms with Gasteiger partial charge in [-0.05, 0) is 39.7 Å². The summed E-state index contributed by atoms with van der Waals surface area (Å²) in [5, 5.41) is 0. The molecule has 0 radical (unpaired) electrons. The Morgan fingerprint density at radius 2 is 2.24 bits per heavy atom. The van der Waals surface area contributed by atoms with Crippen LogP contribution in [0.15, 0.2) is 0 Å². The largest absolute Gasteiger partial charge is 0.381 e. The molecule has 4 heteroatoms. The fourth-order valence-electron chi connectivity index (χ4n) is 2.40. The fraction of sp³-hybridized carbons (Fsp3) is 1.00. The van der Waals surface area contributed by atoms with E-state index in [-0.39, 0.29) is 0 Å². The molecule has 1 heterocycles. The number of nitrogens with zero attached hydrogens (tertiary/aromatic N) is 1. The van der Waals surface area contributed by atoms with Crippen LogP contribution in [-0.4, -0.2) is 57.0 Å². The zero-order valence-corrected chi connectivity index (χ0v) is 11.5. The Morgan fingerprint density at radius 1 is 1.47 bits per heavy atom. The summed E-state index contributed by atoms with van der Waals surface area (Å²) in [6.45, 7) is 8.32. The molecule has 0 aromatic heterocycles. The zero-order chi connectivity index (χ0) is 12.7. The van der Waals surface area contributed by atoms with Crippen LogP contribution in [0, 0.1) is 5.92 Å². The summed E-state index contributed by atoms with van der Waals surface area (Å²) in [5.41, 5.74) is 5.90. The quantitative estimate of drug-likeness (QED) is 0.728. The molecule has 1 rings (SSSR count). The summed E-state index contributed by atoms with van der Waals surface area (Å²) in [4.78, 5) is 2.32. The molecule has 0 aromatic carbocycles. The van der Waals surface area contributed by atoms with Crippen LogP contribution in [0.5, 0.6) is 0 Å². The van der Waals surface area contributed by atoms with Crippen molar-refractivity contribution >= 4 is 0 Å². The lowest BCUT2D eigenvalue weighted by atomic mass is 9.93.